The van der Waals surface area contributed by atoms with Gasteiger partial charge in [-0.25, -0.2) is 4.79 Å². The van der Waals surface area contributed by atoms with Crippen LogP contribution in [0.4, 0.5) is 5.69 Å². The Morgan fingerprint density at radius 3 is 2.62 bits per heavy atom. The first-order valence-electron chi connectivity index (χ1n) is 6.41. The molecule has 21 heavy (non-hydrogen) atoms. The van der Waals surface area contributed by atoms with Gasteiger partial charge in [0, 0.05) is 5.92 Å². The van der Waals surface area contributed by atoms with Crippen LogP contribution in [-0.4, -0.2) is 22.1 Å². The number of carboxylic acid groups (broad SMARTS) is 1. The van der Waals surface area contributed by atoms with Crippen molar-refractivity contribution >= 4 is 28.9 Å². The number of carbonyl (C=O) groups is 2. The molecule has 112 valence electrons. The van der Waals surface area contributed by atoms with Crippen LogP contribution < -0.4 is 5.32 Å². The Labute approximate surface area is 125 Å². The van der Waals surface area contributed by atoms with Crippen LogP contribution in [0.15, 0.2) is 9.90 Å². The summed E-state index contributed by atoms with van der Waals surface area (Å²) < 4.78 is 5.18. The van der Waals surface area contributed by atoms with Gasteiger partial charge in [0.25, 0.3) is 5.91 Å². The third kappa shape index (κ3) is 2.82. The number of thiophene rings is 1. The average molecular weight is 308 g/mol. The van der Waals surface area contributed by atoms with Crippen molar-refractivity contribution in [3.63, 3.8) is 0 Å². The fraction of sp³-hybridized carbons (Fsp3) is 0.357. The van der Waals surface area contributed by atoms with E-state index in [1.54, 1.807) is 19.2 Å². The number of aryl methyl sites for hydroxylation is 2. The van der Waals surface area contributed by atoms with Gasteiger partial charge in [-0.2, -0.15) is 0 Å². The lowest BCUT2D eigenvalue weighted by Gasteiger charge is -2.08. The van der Waals surface area contributed by atoms with Crippen LogP contribution in [0.5, 0.6) is 0 Å². The number of hydrogen-bond acceptors (Lipinski definition) is 5. The Morgan fingerprint density at radius 1 is 1.38 bits per heavy atom. The summed E-state index contributed by atoms with van der Waals surface area (Å²) in [7, 11) is 0. The highest BCUT2D eigenvalue weighted by molar-refractivity contribution is 7.12. The number of nitrogens with zero attached hydrogens (tertiary/aromatic N) is 1. The normalized spacial score (nSPS) is 10.9. The van der Waals surface area contributed by atoms with Gasteiger partial charge in [0.05, 0.1) is 11.4 Å². The molecule has 0 radical (unpaired) electrons. The maximum Gasteiger partial charge on any atom is 0.348 e. The highest BCUT2D eigenvalue weighted by atomic mass is 32.1. The number of carboxylic acids is 1. The first kappa shape index (κ1) is 15.2. The molecule has 6 nitrogen and oxygen atoms in total. The number of carbonyl (C=O) groups excluding carboxylic acids is 1. The molecule has 2 heterocycles. The maximum atomic E-state index is 12.4. The van der Waals surface area contributed by atoms with Crippen LogP contribution in [0.2, 0.25) is 0 Å². The van der Waals surface area contributed by atoms with Crippen molar-refractivity contribution in [2.24, 2.45) is 0 Å². The number of hydrogen-bond donors (Lipinski definition) is 2. The summed E-state index contributed by atoms with van der Waals surface area (Å²) in [5.74, 6) is -0.958. The number of nitrogens with one attached hydrogen (secondary N) is 1. The summed E-state index contributed by atoms with van der Waals surface area (Å²) in [5, 5.41) is 17.3. The van der Waals surface area contributed by atoms with Gasteiger partial charge in [-0.05, 0) is 24.8 Å². The zero-order chi connectivity index (χ0) is 15.7. The standard InChI is InChI=1S/C14H16N2O4S/c1-6(2)11-9(8(4)16-20-11)13(17)15-10-7(3)5-21-12(10)14(18)19/h5-6H,1-4H3,(H,15,17)(H,18,19). The molecule has 0 aliphatic heterocycles. The van der Waals surface area contributed by atoms with Gasteiger partial charge in [0.2, 0.25) is 0 Å². The van der Waals surface area contributed by atoms with Gasteiger partial charge >= 0.3 is 5.97 Å². The molecule has 0 fully saturated rings. The molecule has 1 amide bonds. The lowest BCUT2D eigenvalue weighted by atomic mass is 10.0. The van der Waals surface area contributed by atoms with Gasteiger partial charge in [-0.1, -0.05) is 19.0 Å². The maximum absolute atomic E-state index is 12.4. The molecule has 0 aliphatic rings. The van der Waals surface area contributed by atoms with Crippen molar-refractivity contribution in [2.45, 2.75) is 33.6 Å². The summed E-state index contributed by atoms with van der Waals surface area (Å²) in [4.78, 5) is 23.7. The second-order valence-corrected chi connectivity index (χ2v) is 5.92. The van der Waals surface area contributed by atoms with Crippen LogP contribution in [-0.2, 0) is 0 Å². The van der Waals surface area contributed by atoms with E-state index in [0.717, 1.165) is 11.3 Å². The number of rotatable bonds is 4. The topological polar surface area (TPSA) is 92.4 Å². The second-order valence-electron chi connectivity index (χ2n) is 5.04. The van der Waals surface area contributed by atoms with E-state index in [-0.39, 0.29) is 10.8 Å². The molecule has 0 atom stereocenters. The predicted molar refractivity (Wildman–Crippen MR) is 79.3 cm³/mol. The fourth-order valence-corrected chi connectivity index (χ4v) is 2.83. The summed E-state index contributed by atoms with van der Waals surface area (Å²) in [6.45, 7) is 7.23. The first-order chi connectivity index (χ1) is 9.82. The molecule has 2 N–H and O–H groups in total. The van der Waals surface area contributed by atoms with E-state index in [4.69, 9.17) is 9.63 Å². The predicted octanol–water partition coefficient (Wildman–Crippen LogP) is 3.43. The molecule has 0 aromatic carbocycles. The Balaban J connectivity index is 2.38. The van der Waals surface area contributed by atoms with Crippen LogP contribution in [0, 0.1) is 13.8 Å². The highest BCUT2D eigenvalue weighted by Crippen LogP contribution is 2.29. The van der Waals surface area contributed by atoms with E-state index in [0.29, 0.717) is 28.3 Å². The molecule has 0 saturated heterocycles. The third-order valence-corrected chi connectivity index (χ3v) is 4.13. The van der Waals surface area contributed by atoms with Gasteiger partial charge < -0.3 is 14.9 Å². The van der Waals surface area contributed by atoms with Gasteiger partial charge in [-0.15, -0.1) is 11.3 Å². The SMILES string of the molecule is Cc1csc(C(=O)O)c1NC(=O)c1c(C)noc1C(C)C. The molecule has 0 aliphatic carbocycles. The molecule has 2 aromatic rings. The van der Waals surface area contributed by atoms with E-state index < -0.39 is 11.9 Å². The summed E-state index contributed by atoms with van der Waals surface area (Å²) >= 11 is 1.08. The summed E-state index contributed by atoms with van der Waals surface area (Å²) in [5.41, 5.74) is 1.90. The van der Waals surface area contributed by atoms with Gasteiger partial charge in [0.15, 0.2) is 5.76 Å². The third-order valence-electron chi connectivity index (χ3n) is 3.05. The number of aromatic carboxylic acids is 1. The van der Waals surface area contributed by atoms with Gasteiger partial charge in [0.1, 0.15) is 10.4 Å². The Kier molecular flexibility index (Phi) is 4.13. The highest BCUT2D eigenvalue weighted by Gasteiger charge is 2.25. The zero-order valence-electron chi connectivity index (χ0n) is 12.2. The van der Waals surface area contributed by atoms with E-state index in [2.05, 4.69) is 10.5 Å². The van der Waals surface area contributed by atoms with Crippen molar-refractivity contribution in [3.8, 4) is 0 Å². The van der Waals surface area contributed by atoms with Crippen LogP contribution in [0.25, 0.3) is 0 Å². The van der Waals surface area contributed by atoms with E-state index >= 15 is 0 Å². The second kappa shape index (κ2) is 5.69. The number of amides is 1. The molecule has 0 spiro atoms. The quantitative estimate of drug-likeness (QED) is 0.902. The minimum Gasteiger partial charge on any atom is -0.477 e. The van der Waals surface area contributed by atoms with E-state index in [1.807, 2.05) is 13.8 Å². The molecule has 0 unspecified atom stereocenters. The smallest absolute Gasteiger partial charge is 0.348 e. The van der Waals surface area contributed by atoms with Crippen molar-refractivity contribution in [2.75, 3.05) is 5.32 Å². The molecule has 2 aromatic heterocycles. The summed E-state index contributed by atoms with van der Waals surface area (Å²) in [6.07, 6.45) is 0. The Bertz CT molecular complexity index is 700. The minimum absolute atomic E-state index is 0.00876. The lowest BCUT2D eigenvalue weighted by Crippen LogP contribution is -2.16. The Morgan fingerprint density at radius 2 is 2.05 bits per heavy atom. The molecular formula is C14H16N2O4S. The summed E-state index contributed by atoms with van der Waals surface area (Å²) in [6, 6.07) is 0. The average Bonchev–Trinajstić information content (AvgIpc) is 2.94. The van der Waals surface area contributed by atoms with Crippen LogP contribution in [0.1, 0.15) is 56.8 Å². The fourth-order valence-electron chi connectivity index (χ4n) is 1.99. The molecule has 7 heteroatoms. The number of anilines is 1. The zero-order valence-corrected chi connectivity index (χ0v) is 13.0. The minimum atomic E-state index is -1.06. The lowest BCUT2D eigenvalue weighted by molar-refractivity contribution is 0.0703. The Hall–Kier alpha value is -2.15. The van der Waals surface area contributed by atoms with Crippen molar-refractivity contribution in [3.05, 3.63) is 32.8 Å². The van der Waals surface area contributed by atoms with Crippen molar-refractivity contribution < 1.29 is 19.2 Å². The van der Waals surface area contributed by atoms with Crippen molar-refractivity contribution in [1.29, 1.82) is 0 Å². The number of aromatic nitrogens is 1. The molecule has 2 rings (SSSR count). The molecule has 0 saturated carbocycles. The first-order valence-corrected chi connectivity index (χ1v) is 7.29. The molecular weight excluding hydrogens is 292 g/mol. The van der Waals surface area contributed by atoms with E-state index in [1.165, 1.54) is 0 Å². The molecule has 0 bridgehead atoms. The van der Waals surface area contributed by atoms with Crippen molar-refractivity contribution in [1.82, 2.24) is 5.16 Å². The van der Waals surface area contributed by atoms with Crippen LogP contribution >= 0.6 is 11.3 Å². The van der Waals surface area contributed by atoms with E-state index in [9.17, 15) is 9.59 Å². The largest absolute Gasteiger partial charge is 0.477 e. The van der Waals surface area contributed by atoms with Gasteiger partial charge in [-0.3, -0.25) is 4.79 Å². The monoisotopic (exact) mass is 308 g/mol. The van der Waals surface area contributed by atoms with Crippen LogP contribution in [0.3, 0.4) is 0 Å².